The SMILES string of the molecule is COc1cc([C@@H](C)N[C@H]2CC[C@@H](c3ccc(C(=O)N4CC[C@H](O)C4)cc3)C2)ccc1F. The standard InChI is InChI=1S/C25H31FN2O3/c1-16(19-8-10-23(26)24(14-19)31-2)27-21-9-7-20(13-21)17-3-5-18(6-4-17)25(30)28-12-11-22(29)15-28/h3-6,8,10,14,16,20-22,27,29H,7,9,11-13,15H2,1-2H3/t16-,20-,21+,22+/m1/s1. The molecule has 1 saturated carbocycles. The maximum absolute atomic E-state index is 13.7. The molecule has 2 aromatic rings. The summed E-state index contributed by atoms with van der Waals surface area (Å²) < 4.78 is 18.8. The molecule has 0 aromatic heterocycles. The molecule has 1 aliphatic carbocycles. The van der Waals surface area contributed by atoms with Crippen molar-refractivity contribution in [2.24, 2.45) is 0 Å². The Morgan fingerprint density at radius 1 is 1.19 bits per heavy atom. The van der Waals surface area contributed by atoms with Crippen LogP contribution in [0.1, 0.15) is 66.1 Å². The third kappa shape index (κ3) is 4.91. The van der Waals surface area contributed by atoms with Crippen LogP contribution in [0.4, 0.5) is 4.39 Å². The first-order valence-electron chi connectivity index (χ1n) is 11.1. The molecular weight excluding hydrogens is 395 g/mol. The highest BCUT2D eigenvalue weighted by molar-refractivity contribution is 5.94. The molecule has 1 aliphatic heterocycles. The van der Waals surface area contributed by atoms with Crippen molar-refractivity contribution in [2.75, 3.05) is 20.2 Å². The van der Waals surface area contributed by atoms with Gasteiger partial charge < -0.3 is 20.1 Å². The Morgan fingerprint density at radius 2 is 1.97 bits per heavy atom. The van der Waals surface area contributed by atoms with E-state index >= 15 is 0 Å². The molecule has 2 aromatic carbocycles. The Labute approximate surface area is 183 Å². The number of benzene rings is 2. The lowest BCUT2D eigenvalue weighted by Gasteiger charge is -2.21. The van der Waals surface area contributed by atoms with Crippen LogP contribution in [0, 0.1) is 5.82 Å². The number of hydrogen-bond acceptors (Lipinski definition) is 4. The number of nitrogens with zero attached hydrogens (tertiary/aromatic N) is 1. The summed E-state index contributed by atoms with van der Waals surface area (Å²) in [5, 5.41) is 13.3. The molecule has 0 unspecified atom stereocenters. The number of aliphatic hydroxyl groups excluding tert-OH is 1. The van der Waals surface area contributed by atoms with Crippen LogP contribution in [-0.2, 0) is 0 Å². The zero-order valence-corrected chi connectivity index (χ0v) is 18.2. The number of aliphatic hydroxyl groups is 1. The molecule has 1 heterocycles. The van der Waals surface area contributed by atoms with Crippen LogP contribution in [0.2, 0.25) is 0 Å². The van der Waals surface area contributed by atoms with Crippen molar-refractivity contribution in [1.82, 2.24) is 10.2 Å². The highest BCUT2D eigenvalue weighted by Crippen LogP contribution is 2.36. The fraction of sp³-hybridized carbons (Fsp3) is 0.480. The van der Waals surface area contributed by atoms with E-state index in [1.165, 1.54) is 18.7 Å². The average molecular weight is 427 g/mol. The lowest BCUT2D eigenvalue weighted by atomic mass is 9.96. The van der Waals surface area contributed by atoms with E-state index in [2.05, 4.69) is 24.4 Å². The van der Waals surface area contributed by atoms with Crippen molar-refractivity contribution in [3.8, 4) is 5.75 Å². The maximum atomic E-state index is 13.7. The predicted molar refractivity (Wildman–Crippen MR) is 118 cm³/mol. The number of methoxy groups -OCH3 is 1. The molecule has 4 atom stereocenters. The lowest BCUT2D eigenvalue weighted by Crippen LogP contribution is -2.29. The van der Waals surface area contributed by atoms with Crippen LogP contribution in [-0.4, -0.2) is 48.3 Å². The summed E-state index contributed by atoms with van der Waals surface area (Å²) in [6.45, 7) is 3.14. The summed E-state index contributed by atoms with van der Waals surface area (Å²) >= 11 is 0. The van der Waals surface area contributed by atoms with Gasteiger partial charge in [0.15, 0.2) is 11.6 Å². The summed E-state index contributed by atoms with van der Waals surface area (Å²) in [6.07, 6.45) is 3.48. The number of rotatable bonds is 6. The van der Waals surface area contributed by atoms with Gasteiger partial charge in [-0.2, -0.15) is 0 Å². The molecule has 0 spiro atoms. The topological polar surface area (TPSA) is 61.8 Å². The predicted octanol–water partition coefficient (Wildman–Crippen LogP) is 4.03. The van der Waals surface area contributed by atoms with E-state index in [9.17, 15) is 14.3 Å². The molecular formula is C25H31FN2O3. The minimum absolute atomic E-state index is 0.00221. The van der Waals surface area contributed by atoms with Crippen LogP contribution in [0.15, 0.2) is 42.5 Å². The highest BCUT2D eigenvalue weighted by atomic mass is 19.1. The molecule has 0 radical (unpaired) electrons. The van der Waals surface area contributed by atoms with E-state index in [-0.39, 0.29) is 23.5 Å². The monoisotopic (exact) mass is 426 g/mol. The quantitative estimate of drug-likeness (QED) is 0.732. The first-order chi connectivity index (χ1) is 14.9. The van der Waals surface area contributed by atoms with Gasteiger partial charge in [-0.15, -0.1) is 0 Å². The number of hydrogen-bond donors (Lipinski definition) is 2. The smallest absolute Gasteiger partial charge is 0.253 e. The van der Waals surface area contributed by atoms with Gasteiger partial charge in [-0.1, -0.05) is 18.2 Å². The van der Waals surface area contributed by atoms with Gasteiger partial charge >= 0.3 is 0 Å². The third-order valence-corrected chi connectivity index (χ3v) is 6.67. The van der Waals surface area contributed by atoms with Gasteiger partial charge in [0, 0.05) is 30.7 Å². The number of ether oxygens (including phenoxy) is 1. The molecule has 5 nitrogen and oxygen atoms in total. The Hall–Kier alpha value is -2.44. The Kier molecular flexibility index (Phi) is 6.58. The van der Waals surface area contributed by atoms with Crippen molar-refractivity contribution in [3.05, 3.63) is 65.0 Å². The number of halogens is 1. The fourth-order valence-electron chi connectivity index (χ4n) is 4.84. The summed E-state index contributed by atoms with van der Waals surface area (Å²) in [5.74, 6) is 0.388. The zero-order valence-electron chi connectivity index (χ0n) is 18.2. The second-order valence-electron chi connectivity index (χ2n) is 8.80. The molecule has 31 heavy (non-hydrogen) atoms. The molecule has 2 aliphatic rings. The van der Waals surface area contributed by atoms with E-state index in [1.54, 1.807) is 17.0 Å². The minimum Gasteiger partial charge on any atom is -0.494 e. The summed E-state index contributed by atoms with van der Waals surface area (Å²) in [6, 6.07) is 13.5. The number of likely N-dealkylation sites (tertiary alicyclic amines) is 1. The van der Waals surface area contributed by atoms with E-state index in [4.69, 9.17) is 4.74 Å². The van der Waals surface area contributed by atoms with Crippen LogP contribution in [0.25, 0.3) is 0 Å². The van der Waals surface area contributed by atoms with Crippen molar-refractivity contribution in [3.63, 3.8) is 0 Å². The van der Waals surface area contributed by atoms with Gasteiger partial charge in [-0.25, -0.2) is 4.39 Å². The van der Waals surface area contributed by atoms with Gasteiger partial charge in [0.05, 0.1) is 13.2 Å². The molecule has 1 amide bonds. The molecule has 4 rings (SSSR count). The molecule has 2 N–H and O–H groups in total. The number of nitrogens with one attached hydrogen (secondary N) is 1. The average Bonchev–Trinajstić information content (AvgIpc) is 3.43. The van der Waals surface area contributed by atoms with E-state index in [1.807, 2.05) is 12.1 Å². The molecule has 0 bridgehead atoms. The third-order valence-electron chi connectivity index (χ3n) is 6.67. The van der Waals surface area contributed by atoms with Crippen molar-refractivity contribution < 1.29 is 19.0 Å². The van der Waals surface area contributed by atoms with Crippen LogP contribution >= 0.6 is 0 Å². The molecule has 1 saturated heterocycles. The second-order valence-corrected chi connectivity index (χ2v) is 8.80. The number of amides is 1. The summed E-state index contributed by atoms with van der Waals surface area (Å²) in [4.78, 5) is 14.3. The van der Waals surface area contributed by atoms with Crippen LogP contribution in [0.3, 0.4) is 0 Å². The lowest BCUT2D eigenvalue weighted by molar-refractivity contribution is 0.0765. The number of β-amino-alcohol motifs (C(OH)–C–C–N with tert-alkyl or cyclic N) is 1. The van der Waals surface area contributed by atoms with Crippen molar-refractivity contribution >= 4 is 5.91 Å². The number of carbonyl (C=O) groups is 1. The van der Waals surface area contributed by atoms with Gasteiger partial charge in [0.2, 0.25) is 0 Å². The highest BCUT2D eigenvalue weighted by Gasteiger charge is 2.28. The normalized spacial score (nSPS) is 24.4. The Balaban J connectivity index is 1.34. The van der Waals surface area contributed by atoms with E-state index < -0.39 is 6.10 Å². The van der Waals surface area contributed by atoms with Crippen LogP contribution < -0.4 is 10.1 Å². The Morgan fingerprint density at radius 3 is 2.65 bits per heavy atom. The van der Waals surface area contributed by atoms with E-state index in [0.717, 1.165) is 24.8 Å². The van der Waals surface area contributed by atoms with E-state index in [0.29, 0.717) is 37.0 Å². The summed E-state index contributed by atoms with van der Waals surface area (Å²) in [5.41, 5.74) is 2.96. The first-order valence-corrected chi connectivity index (χ1v) is 11.1. The molecule has 2 fully saturated rings. The van der Waals surface area contributed by atoms with Gasteiger partial charge in [0.25, 0.3) is 5.91 Å². The van der Waals surface area contributed by atoms with Crippen molar-refractivity contribution in [2.45, 2.75) is 56.7 Å². The van der Waals surface area contributed by atoms with Crippen LogP contribution in [0.5, 0.6) is 5.75 Å². The first kappa shape index (κ1) is 21.8. The molecule has 6 heteroatoms. The minimum atomic E-state index is -0.399. The summed E-state index contributed by atoms with van der Waals surface area (Å²) in [7, 11) is 1.48. The Bertz CT molecular complexity index is 917. The number of carbonyl (C=O) groups excluding carboxylic acids is 1. The second kappa shape index (κ2) is 9.37. The van der Waals surface area contributed by atoms with Crippen molar-refractivity contribution in [1.29, 1.82) is 0 Å². The fourth-order valence-corrected chi connectivity index (χ4v) is 4.84. The largest absolute Gasteiger partial charge is 0.494 e. The van der Waals surface area contributed by atoms with Gasteiger partial charge in [-0.05, 0) is 73.9 Å². The molecule has 166 valence electrons. The zero-order chi connectivity index (χ0) is 22.0. The maximum Gasteiger partial charge on any atom is 0.253 e. The van der Waals surface area contributed by atoms with Gasteiger partial charge in [-0.3, -0.25) is 4.79 Å². The van der Waals surface area contributed by atoms with Gasteiger partial charge in [0.1, 0.15) is 0 Å².